The molecule has 0 radical (unpaired) electrons. The van der Waals surface area contributed by atoms with Crippen molar-refractivity contribution in [1.82, 2.24) is 9.97 Å². The third-order valence-corrected chi connectivity index (χ3v) is 5.72. The number of nitrogens with one attached hydrogen (secondary N) is 2. The van der Waals surface area contributed by atoms with Crippen LogP contribution in [0, 0.1) is 0 Å². The van der Waals surface area contributed by atoms with Gasteiger partial charge in [-0.1, -0.05) is 6.92 Å². The number of nitrogens with zero attached hydrogens (tertiary/aromatic N) is 2. The Morgan fingerprint density at radius 3 is 2.67 bits per heavy atom. The van der Waals surface area contributed by atoms with Crippen molar-refractivity contribution in [3.8, 4) is 0 Å². The van der Waals surface area contributed by atoms with Crippen LogP contribution in [0.5, 0.6) is 0 Å². The molecule has 1 aromatic heterocycles. The van der Waals surface area contributed by atoms with Gasteiger partial charge in [-0.2, -0.15) is 11.8 Å². The van der Waals surface area contributed by atoms with E-state index in [4.69, 9.17) is 4.98 Å². The minimum atomic E-state index is 0.363. The molecule has 3 rings (SSSR count). The van der Waals surface area contributed by atoms with Crippen molar-refractivity contribution < 1.29 is 0 Å². The molecule has 0 aromatic carbocycles. The van der Waals surface area contributed by atoms with Gasteiger partial charge in [-0.05, 0) is 44.8 Å². The average Bonchev–Trinajstić information content (AvgIpc) is 3.26. The molecule has 2 fully saturated rings. The van der Waals surface area contributed by atoms with E-state index in [2.05, 4.69) is 47.3 Å². The van der Waals surface area contributed by atoms with Crippen LogP contribution in [0.2, 0.25) is 0 Å². The lowest BCUT2D eigenvalue weighted by atomic mass is 10.1. The first-order valence-electron chi connectivity index (χ1n) is 8.19. The van der Waals surface area contributed by atoms with Gasteiger partial charge in [-0.25, -0.2) is 9.97 Å². The molecule has 1 aliphatic carbocycles. The number of anilines is 2. The highest BCUT2D eigenvalue weighted by molar-refractivity contribution is 8.00. The van der Waals surface area contributed by atoms with Crippen molar-refractivity contribution in [3.05, 3.63) is 11.9 Å². The third kappa shape index (κ3) is 4.02. The zero-order valence-corrected chi connectivity index (χ0v) is 13.9. The van der Waals surface area contributed by atoms with Gasteiger partial charge in [0.05, 0.1) is 0 Å². The Balaban J connectivity index is 1.68. The Hall–Kier alpha value is -0.970. The standard InChI is InChI=1S/C16H26N4S/c1-3-8-17-13-10-14(20-15(19-13)12-5-6-12)18-11-16(2)7-4-9-21-16/h10,12H,3-9,11H2,1-2H3,(H2,17,18,19,20). The molecule has 116 valence electrons. The maximum Gasteiger partial charge on any atom is 0.136 e. The lowest BCUT2D eigenvalue weighted by molar-refractivity contribution is 0.633. The Kier molecular flexibility index (Phi) is 4.57. The van der Waals surface area contributed by atoms with Gasteiger partial charge in [0.25, 0.3) is 0 Å². The largest absolute Gasteiger partial charge is 0.370 e. The average molecular weight is 306 g/mol. The van der Waals surface area contributed by atoms with E-state index >= 15 is 0 Å². The Bertz CT molecular complexity index is 481. The number of hydrogen-bond donors (Lipinski definition) is 2. The van der Waals surface area contributed by atoms with Crippen LogP contribution in [0.1, 0.15) is 57.7 Å². The van der Waals surface area contributed by atoms with E-state index < -0.39 is 0 Å². The second kappa shape index (κ2) is 6.42. The summed E-state index contributed by atoms with van der Waals surface area (Å²) in [6.45, 7) is 6.49. The molecule has 1 aromatic rings. The summed E-state index contributed by atoms with van der Waals surface area (Å²) in [7, 11) is 0. The molecule has 21 heavy (non-hydrogen) atoms. The monoisotopic (exact) mass is 306 g/mol. The van der Waals surface area contributed by atoms with Gasteiger partial charge < -0.3 is 10.6 Å². The summed E-state index contributed by atoms with van der Waals surface area (Å²) in [4.78, 5) is 9.39. The van der Waals surface area contributed by atoms with Gasteiger partial charge in [0, 0.05) is 29.8 Å². The molecule has 1 aliphatic heterocycles. The van der Waals surface area contributed by atoms with Crippen LogP contribution in [0.4, 0.5) is 11.6 Å². The molecule has 1 saturated carbocycles. The van der Waals surface area contributed by atoms with E-state index in [-0.39, 0.29) is 0 Å². The summed E-state index contributed by atoms with van der Waals surface area (Å²) in [6, 6.07) is 2.06. The summed E-state index contributed by atoms with van der Waals surface area (Å²) < 4.78 is 0.363. The number of thioether (sulfide) groups is 1. The van der Waals surface area contributed by atoms with Gasteiger partial charge in [0.15, 0.2) is 0 Å². The molecule has 1 saturated heterocycles. The Labute approximate surface area is 131 Å². The Morgan fingerprint density at radius 2 is 2.05 bits per heavy atom. The van der Waals surface area contributed by atoms with E-state index in [0.717, 1.165) is 37.0 Å². The summed E-state index contributed by atoms with van der Waals surface area (Å²) >= 11 is 2.08. The highest BCUT2D eigenvalue weighted by atomic mass is 32.2. The SMILES string of the molecule is CCCNc1cc(NCC2(C)CCCS2)nc(C2CC2)n1. The minimum Gasteiger partial charge on any atom is -0.370 e. The second-order valence-electron chi connectivity index (χ2n) is 6.45. The first kappa shape index (κ1) is 14.9. The van der Waals surface area contributed by atoms with E-state index in [9.17, 15) is 0 Å². The number of hydrogen-bond acceptors (Lipinski definition) is 5. The van der Waals surface area contributed by atoms with Gasteiger partial charge in [0.1, 0.15) is 17.5 Å². The van der Waals surface area contributed by atoms with Gasteiger partial charge in [-0.3, -0.25) is 0 Å². The fraction of sp³-hybridized carbons (Fsp3) is 0.750. The molecule has 4 nitrogen and oxygen atoms in total. The van der Waals surface area contributed by atoms with Crippen molar-refractivity contribution >= 4 is 23.4 Å². The molecule has 0 amide bonds. The topological polar surface area (TPSA) is 49.8 Å². The first-order chi connectivity index (χ1) is 10.2. The van der Waals surface area contributed by atoms with Crippen molar-refractivity contribution in [2.45, 2.75) is 56.6 Å². The van der Waals surface area contributed by atoms with Crippen LogP contribution in [-0.4, -0.2) is 33.6 Å². The maximum atomic E-state index is 4.72. The van der Waals surface area contributed by atoms with Gasteiger partial charge in [0.2, 0.25) is 0 Å². The molecule has 2 aliphatic rings. The normalized spacial score (nSPS) is 25.0. The van der Waals surface area contributed by atoms with E-state index in [1.54, 1.807) is 0 Å². The fourth-order valence-corrected chi connectivity index (χ4v) is 3.92. The predicted octanol–water partition coefficient (Wildman–Crippen LogP) is 3.87. The minimum absolute atomic E-state index is 0.363. The molecular weight excluding hydrogens is 280 g/mol. The van der Waals surface area contributed by atoms with Gasteiger partial charge in [-0.15, -0.1) is 0 Å². The lowest BCUT2D eigenvalue weighted by Gasteiger charge is -2.23. The number of aromatic nitrogens is 2. The van der Waals surface area contributed by atoms with Crippen molar-refractivity contribution in [3.63, 3.8) is 0 Å². The predicted molar refractivity (Wildman–Crippen MR) is 91.4 cm³/mol. The molecule has 2 N–H and O–H groups in total. The van der Waals surface area contributed by atoms with E-state index in [0.29, 0.717) is 10.7 Å². The highest BCUT2D eigenvalue weighted by Gasteiger charge is 2.30. The summed E-state index contributed by atoms with van der Waals surface area (Å²) in [5, 5.41) is 6.95. The van der Waals surface area contributed by atoms with Gasteiger partial charge >= 0.3 is 0 Å². The summed E-state index contributed by atoms with van der Waals surface area (Å²) in [5.41, 5.74) is 0. The quantitative estimate of drug-likeness (QED) is 0.801. The van der Waals surface area contributed by atoms with Crippen molar-refractivity contribution in [2.75, 3.05) is 29.5 Å². The second-order valence-corrected chi connectivity index (χ2v) is 8.14. The molecule has 1 unspecified atom stereocenters. The smallest absolute Gasteiger partial charge is 0.136 e. The summed E-state index contributed by atoms with van der Waals surface area (Å²) in [5.74, 6) is 4.85. The number of rotatable bonds is 7. The van der Waals surface area contributed by atoms with Crippen molar-refractivity contribution in [2.24, 2.45) is 0 Å². The molecule has 2 heterocycles. The lowest BCUT2D eigenvalue weighted by Crippen LogP contribution is -2.27. The molecular formula is C16H26N4S. The third-order valence-electron chi connectivity index (χ3n) is 4.19. The van der Waals surface area contributed by atoms with Crippen LogP contribution < -0.4 is 10.6 Å². The highest BCUT2D eigenvalue weighted by Crippen LogP contribution is 2.40. The zero-order chi connectivity index (χ0) is 14.7. The summed E-state index contributed by atoms with van der Waals surface area (Å²) in [6.07, 6.45) is 6.23. The van der Waals surface area contributed by atoms with E-state index in [1.165, 1.54) is 31.4 Å². The van der Waals surface area contributed by atoms with Crippen LogP contribution in [0.15, 0.2) is 6.07 Å². The maximum absolute atomic E-state index is 4.72. The molecule has 0 spiro atoms. The van der Waals surface area contributed by atoms with Crippen LogP contribution >= 0.6 is 11.8 Å². The molecule has 5 heteroatoms. The van der Waals surface area contributed by atoms with Crippen molar-refractivity contribution in [1.29, 1.82) is 0 Å². The van der Waals surface area contributed by atoms with Crippen LogP contribution in [0.25, 0.3) is 0 Å². The van der Waals surface area contributed by atoms with Crippen LogP contribution in [-0.2, 0) is 0 Å². The Morgan fingerprint density at radius 1 is 1.29 bits per heavy atom. The fourth-order valence-electron chi connectivity index (χ4n) is 2.68. The molecule has 0 bridgehead atoms. The zero-order valence-electron chi connectivity index (χ0n) is 13.1. The van der Waals surface area contributed by atoms with E-state index in [1.807, 2.05) is 0 Å². The molecule has 1 atom stereocenters. The van der Waals surface area contributed by atoms with Crippen LogP contribution in [0.3, 0.4) is 0 Å². The first-order valence-corrected chi connectivity index (χ1v) is 9.18.